The highest BCUT2D eigenvalue weighted by atomic mass is 16.5. The van der Waals surface area contributed by atoms with Crippen molar-refractivity contribution in [1.82, 2.24) is 15.4 Å². The number of nitrogens with one attached hydrogen (secondary N) is 1. The molecular weight excluding hydrogens is 464 g/mol. The predicted molar refractivity (Wildman–Crippen MR) is 129 cm³/mol. The number of methoxy groups -OCH3 is 2. The van der Waals surface area contributed by atoms with Crippen molar-refractivity contribution in [3.8, 4) is 11.5 Å². The number of nitrogens with zero attached hydrogens (tertiary/aromatic N) is 3. The summed E-state index contributed by atoms with van der Waals surface area (Å²) < 4.78 is 10.6. The van der Waals surface area contributed by atoms with E-state index in [-0.39, 0.29) is 29.8 Å². The van der Waals surface area contributed by atoms with Gasteiger partial charge in [0.25, 0.3) is 11.8 Å². The van der Waals surface area contributed by atoms with Crippen LogP contribution in [0.3, 0.4) is 0 Å². The molecule has 36 heavy (non-hydrogen) atoms. The number of rotatable bonds is 7. The van der Waals surface area contributed by atoms with Gasteiger partial charge in [-0.15, -0.1) is 0 Å². The van der Waals surface area contributed by atoms with Crippen LogP contribution < -0.4 is 19.8 Å². The van der Waals surface area contributed by atoms with Crippen LogP contribution in [0.4, 0.5) is 5.69 Å². The molecule has 1 fully saturated rings. The van der Waals surface area contributed by atoms with Crippen LogP contribution in [-0.2, 0) is 20.8 Å². The number of carbonyl (C=O) groups excluding carboxylic acids is 4. The molecule has 1 aliphatic heterocycles. The Labute approximate surface area is 207 Å². The smallest absolute Gasteiger partial charge is 0.273 e. The molecule has 10 nitrogen and oxygen atoms in total. The first kappa shape index (κ1) is 24.4. The fourth-order valence-corrected chi connectivity index (χ4v) is 3.90. The number of amides is 4. The van der Waals surface area contributed by atoms with Crippen molar-refractivity contribution in [2.45, 2.75) is 18.9 Å². The minimum absolute atomic E-state index is 0.0246. The SMILES string of the molecule is COc1ccc(OC)c(N2C(=O)CC(N(NC(=O)Cc3ccccc3)C(=O)c3ccncc3)C2=O)c1. The maximum Gasteiger partial charge on any atom is 0.273 e. The van der Waals surface area contributed by atoms with Crippen LogP contribution in [0.1, 0.15) is 22.3 Å². The van der Waals surface area contributed by atoms with Crippen LogP contribution in [0.25, 0.3) is 0 Å². The first-order valence-electron chi connectivity index (χ1n) is 11.1. The summed E-state index contributed by atoms with van der Waals surface area (Å²) in [6.45, 7) is 0. The Bertz CT molecular complexity index is 1280. The van der Waals surface area contributed by atoms with Gasteiger partial charge < -0.3 is 9.47 Å². The highest BCUT2D eigenvalue weighted by Gasteiger charge is 2.46. The van der Waals surface area contributed by atoms with E-state index in [0.717, 1.165) is 15.5 Å². The quantitative estimate of drug-likeness (QED) is 0.400. The number of ether oxygens (including phenoxy) is 2. The average molecular weight is 489 g/mol. The van der Waals surface area contributed by atoms with Crippen LogP contribution in [0.2, 0.25) is 0 Å². The van der Waals surface area contributed by atoms with Gasteiger partial charge in [-0.3, -0.25) is 29.6 Å². The maximum atomic E-state index is 13.6. The summed E-state index contributed by atoms with van der Waals surface area (Å²) >= 11 is 0. The lowest BCUT2D eigenvalue weighted by Gasteiger charge is -2.28. The van der Waals surface area contributed by atoms with Crippen molar-refractivity contribution in [3.63, 3.8) is 0 Å². The standard InChI is InChI=1S/C26H24N4O6/c1-35-19-8-9-22(36-2)20(15-19)29-24(32)16-21(26(29)34)30(25(33)18-10-12-27-13-11-18)28-23(31)14-17-6-4-3-5-7-17/h3-13,15,21H,14,16H2,1-2H3,(H,28,31). The Morgan fingerprint density at radius 3 is 2.42 bits per heavy atom. The Balaban J connectivity index is 1.66. The average Bonchev–Trinajstić information content (AvgIpc) is 3.20. The lowest BCUT2D eigenvalue weighted by Crippen LogP contribution is -2.55. The van der Waals surface area contributed by atoms with E-state index in [1.807, 2.05) is 6.07 Å². The summed E-state index contributed by atoms with van der Waals surface area (Å²) in [6.07, 6.45) is 2.49. The summed E-state index contributed by atoms with van der Waals surface area (Å²) in [6, 6.07) is 15.3. The van der Waals surface area contributed by atoms with E-state index >= 15 is 0 Å². The zero-order chi connectivity index (χ0) is 25.7. The van der Waals surface area contributed by atoms with Crippen molar-refractivity contribution in [2.75, 3.05) is 19.1 Å². The second-order valence-electron chi connectivity index (χ2n) is 7.93. The molecule has 1 atom stereocenters. The second kappa shape index (κ2) is 10.7. The van der Waals surface area contributed by atoms with Gasteiger partial charge in [-0.2, -0.15) is 0 Å². The molecule has 1 N–H and O–H groups in total. The van der Waals surface area contributed by atoms with E-state index in [1.165, 1.54) is 44.8 Å². The first-order valence-corrected chi connectivity index (χ1v) is 11.1. The van der Waals surface area contributed by atoms with E-state index in [9.17, 15) is 19.2 Å². The molecule has 4 amide bonds. The zero-order valence-corrected chi connectivity index (χ0v) is 19.7. The van der Waals surface area contributed by atoms with E-state index in [4.69, 9.17) is 9.47 Å². The van der Waals surface area contributed by atoms with Crippen LogP contribution in [0.15, 0.2) is 73.1 Å². The lowest BCUT2D eigenvalue weighted by molar-refractivity contribution is -0.128. The van der Waals surface area contributed by atoms with Gasteiger partial charge in [0.15, 0.2) is 0 Å². The fraction of sp³-hybridized carbons (Fsp3) is 0.192. The Morgan fingerprint density at radius 2 is 1.75 bits per heavy atom. The molecule has 0 spiro atoms. The van der Waals surface area contributed by atoms with Crippen molar-refractivity contribution in [3.05, 3.63) is 84.2 Å². The second-order valence-corrected chi connectivity index (χ2v) is 7.93. The number of pyridine rings is 1. The Kier molecular flexibility index (Phi) is 7.24. The molecule has 1 saturated heterocycles. The third-order valence-electron chi connectivity index (χ3n) is 5.66. The minimum Gasteiger partial charge on any atom is -0.497 e. The van der Waals surface area contributed by atoms with E-state index in [1.54, 1.807) is 36.4 Å². The number of carbonyl (C=O) groups is 4. The van der Waals surface area contributed by atoms with Gasteiger partial charge in [0.2, 0.25) is 11.8 Å². The lowest BCUT2D eigenvalue weighted by atomic mass is 10.1. The number of anilines is 1. The number of hydrazine groups is 1. The molecule has 1 unspecified atom stereocenters. The Hall–Kier alpha value is -4.73. The molecule has 2 heterocycles. The summed E-state index contributed by atoms with van der Waals surface area (Å²) in [4.78, 5) is 57.7. The molecule has 0 saturated carbocycles. The molecule has 3 aromatic rings. The van der Waals surface area contributed by atoms with Crippen molar-refractivity contribution >= 4 is 29.3 Å². The van der Waals surface area contributed by atoms with Gasteiger partial charge in [0.1, 0.15) is 17.5 Å². The molecule has 10 heteroatoms. The normalized spacial score (nSPS) is 14.9. The van der Waals surface area contributed by atoms with Gasteiger partial charge in [-0.1, -0.05) is 30.3 Å². The van der Waals surface area contributed by atoms with E-state index < -0.39 is 29.7 Å². The molecule has 0 radical (unpaired) electrons. The van der Waals surface area contributed by atoms with E-state index in [2.05, 4.69) is 10.4 Å². The molecule has 1 aromatic heterocycles. The van der Waals surface area contributed by atoms with Crippen LogP contribution in [-0.4, -0.2) is 53.9 Å². The van der Waals surface area contributed by atoms with Gasteiger partial charge in [0, 0.05) is 24.0 Å². The monoisotopic (exact) mass is 488 g/mol. The van der Waals surface area contributed by atoms with Crippen molar-refractivity contribution in [2.24, 2.45) is 0 Å². The molecule has 0 aliphatic carbocycles. The topological polar surface area (TPSA) is 118 Å². The highest BCUT2D eigenvalue weighted by molar-refractivity contribution is 6.24. The molecule has 184 valence electrons. The van der Waals surface area contributed by atoms with Crippen LogP contribution in [0.5, 0.6) is 11.5 Å². The summed E-state index contributed by atoms with van der Waals surface area (Å²) in [7, 11) is 2.87. The summed E-state index contributed by atoms with van der Waals surface area (Å²) in [5.74, 6) is -1.71. The third kappa shape index (κ3) is 5.02. The number of hydrogen-bond acceptors (Lipinski definition) is 7. The number of hydrogen-bond donors (Lipinski definition) is 1. The van der Waals surface area contributed by atoms with Crippen molar-refractivity contribution < 1.29 is 28.7 Å². The number of benzene rings is 2. The van der Waals surface area contributed by atoms with Gasteiger partial charge >= 0.3 is 0 Å². The first-order chi connectivity index (χ1) is 17.4. The summed E-state index contributed by atoms with van der Waals surface area (Å²) in [5.41, 5.74) is 3.65. The maximum absolute atomic E-state index is 13.6. The fourth-order valence-electron chi connectivity index (χ4n) is 3.90. The molecule has 0 bridgehead atoms. The van der Waals surface area contributed by atoms with Gasteiger partial charge in [-0.25, -0.2) is 9.91 Å². The zero-order valence-electron chi connectivity index (χ0n) is 19.7. The molecule has 1 aliphatic rings. The molecule has 2 aromatic carbocycles. The van der Waals surface area contributed by atoms with Crippen LogP contribution >= 0.6 is 0 Å². The van der Waals surface area contributed by atoms with Gasteiger partial charge in [-0.05, 0) is 29.8 Å². The van der Waals surface area contributed by atoms with E-state index in [0.29, 0.717) is 5.75 Å². The molecule has 4 rings (SSSR count). The predicted octanol–water partition coefficient (Wildman–Crippen LogP) is 2.15. The third-order valence-corrected chi connectivity index (χ3v) is 5.66. The van der Waals surface area contributed by atoms with Crippen LogP contribution in [0, 0.1) is 0 Å². The minimum atomic E-state index is -1.27. The largest absolute Gasteiger partial charge is 0.497 e. The molecular formula is C26H24N4O6. The Morgan fingerprint density at radius 1 is 1.03 bits per heavy atom. The number of aromatic nitrogens is 1. The highest BCUT2D eigenvalue weighted by Crippen LogP contribution is 2.36. The van der Waals surface area contributed by atoms with Gasteiger partial charge in [0.05, 0.1) is 32.7 Å². The number of imide groups is 1. The van der Waals surface area contributed by atoms with Crippen molar-refractivity contribution in [1.29, 1.82) is 0 Å². The summed E-state index contributed by atoms with van der Waals surface area (Å²) in [5, 5.41) is 0.924.